The summed E-state index contributed by atoms with van der Waals surface area (Å²) in [5.74, 6) is -0.269. The highest BCUT2D eigenvalue weighted by molar-refractivity contribution is 9.10. The summed E-state index contributed by atoms with van der Waals surface area (Å²) in [6.07, 6.45) is 0. The second-order valence-corrected chi connectivity index (χ2v) is 5.64. The zero-order chi connectivity index (χ0) is 12.5. The van der Waals surface area contributed by atoms with E-state index >= 15 is 0 Å². The number of hydrogen-bond acceptors (Lipinski definition) is 5. The molecule has 1 aromatic heterocycles. The van der Waals surface area contributed by atoms with E-state index < -0.39 is 16.1 Å². The molecule has 9 heteroatoms. The molecular formula is C7H11BrN4O3S. The lowest BCUT2D eigenvalue weighted by Gasteiger charge is -2.10. The number of ketones is 1. The van der Waals surface area contributed by atoms with E-state index in [0.717, 1.165) is 4.68 Å². The van der Waals surface area contributed by atoms with Crippen molar-refractivity contribution in [2.24, 2.45) is 7.05 Å². The summed E-state index contributed by atoms with van der Waals surface area (Å²) in [4.78, 5) is 11.0. The molecule has 0 aromatic carbocycles. The molecule has 0 saturated carbocycles. The van der Waals surface area contributed by atoms with E-state index in [1.54, 1.807) is 0 Å². The first-order valence-corrected chi connectivity index (χ1v) is 6.61. The van der Waals surface area contributed by atoms with Crippen LogP contribution in [0.1, 0.15) is 13.8 Å². The molecule has 1 aromatic rings. The Morgan fingerprint density at radius 3 is 2.50 bits per heavy atom. The minimum atomic E-state index is -3.80. The Morgan fingerprint density at radius 2 is 2.12 bits per heavy atom. The van der Waals surface area contributed by atoms with Crippen LogP contribution in [0.2, 0.25) is 0 Å². The van der Waals surface area contributed by atoms with Crippen molar-refractivity contribution in [1.82, 2.24) is 19.7 Å². The van der Waals surface area contributed by atoms with Crippen molar-refractivity contribution in [3.8, 4) is 0 Å². The van der Waals surface area contributed by atoms with Gasteiger partial charge in [0.15, 0.2) is 4.60 Å². The number of Topliss-reactive ketones (excluding diaryl/α,β-unsaturated/α-hetero) is 1. The average Bonchev–Trinajstić information content (AvgIpc) is 2.45. The maximum Gasteiger partial charge on any atom is 0.261 e. The van der Waals surface area contributed by atoms with Gasteiger partial charge in [0.2, 0.25) is 5.03 Å². The summed E-state index contributed by atoms with van der Waals surface area (Å²) >= 11 is 2.98. The van der Waals surface area contributed by atoms with Crippen LogP contribution in [0, 0.1) is 0 Å². The standard InChI is InChI=1S/C7H11BrN4O3S/c1-4(5(2)13)10-16(14,15)7-6(8)9-11-12(7)3/h4,10H,1-3H3. The smallest absolute Gasteiger partial charge is 0.261 e. The van der Waals surface area contributed by atoms with Gasteiger partial charge in [-0.1, -0.05) is 5.21 Å². The van der Waals surface area contributed by atoms with E-state index in [9.17, 15) is 13.2 Å². The van der Waals surface area contributed by atoms with Gasteiger partial charge in [-0.3, -0.25) is 4.79 Å². The highest BCUT2D eigenvalue weighted by Crippen LogP contribution is 2.17. The summed E-state index contributed by atoms with van der Waals surface area (Å²) in [6.45, 7) is 2.78. The van der Waals surface area contributed by atoms with Gasteiger partial charge in [0.1, 0.15) is 5.78 Å². The van der Waals surface area contributed by atoms with Crippen LogP contribution in [0.3, 0.4) is 0 Å². The van der Waals surface area contributed by atoms with Crippen LogP contribution in [-0.2, 0) is 21.9 Å². The number of halogens is 1. The predicted octanol–water partition coefficient (Wildman–Crippen LogP) is -0.167. The lowest BCUT2D eigenvalue weighted by Crippen LogP contribution is -2.38. The number of aromatic nitrogens is 3. The lowest BCUT2D eigenvalue weighted by molar-refractivity contribution is -0.118. The van der Waals surface area contributed by atoms with E-state index in [0.29, 0.717) is 0 Å². The van der Waals surface area contributed by atoms with Crippen LogP contribution >= 0.6 is 15.9 Å². The fourth-order valence-corrected chi connectivity index (χ4v) is 3.34. The van der Waals surface area contributed by atoms with Crippen molar-refractivity contribution in [3.05, 3.63) is 4.60 Å². The average molecular weight is 311 g/mol. The van der Waals surface area contributed by atoms with Crippen molar-refractivity contribution in [1.29, 1.82) is 0 Å². The van der Waals surface area contributed by atoms with Crippen molar-refractivity contribution >= 4 is 31.7 Å². The van der Waals surface area contributed by atoms with Gasteiger partial charge in [0.05, 0.1) is 6.04 Å². The quantitative estimate of drug-likeness (QED) is 0.833. The number of nitrogens with one attached hydrogen (secondary N) is 1. The summed E-state index contributed by atoms with van der Waals surface area (Å²) in [7, 11) is -2.35. The first kappa shape index (κ1) is 13.3. The molecule has 16 heavy (non-hydrogen) atoms. The van der Waals surface area contributed by atoms with Crippen LogP contribution in [0.25, 0.3) is 0 Å². The topological polar surface area (TPSA) is 93.9 Å². The summed E-state index contributed by atoms with van der Waals surface area (Å²) in [6, 6.07) is -0.785. The van der Waals surface area contributed by atoms with Gasteiger partial charge in [-0.25, -0.2) is 13.1 Å². The van der Waals surface area contributed by atoms with Gasteiger partial charge >= 0.3 is 0 Å². The van der Waals surface area contributed by atoms with Gasteiger partial charge in [-0.15, -0.1) is 5.10 Å². The third-order valence-corrected chi connectivity index (χ3v) is 4.36. The van der Waals surface area contributed by atoms with Crippen molar-refractivity contribution in [2.75, 3.05) is 0 Å². The molecule has 0 radical (unpaired) electrons. The van der Waals surface area contributed by atoms with Crippen molar-refractivity contribution in [3.63, 3.8) is 0 Å². The van der Waals surface area contributed by atoms with Gasteiger partial charge in [-0.05, 0) is 29.8 Å². The number of aryl methyl sites for hydroxylation is 1. The first-order valence-electron chi connectivity index (χ1n) is 4.33. The van der Waals surface area contributed by atoms with Gasteiger partial charge in [0, 0.05) is 7.05 Å². The zero-order valence-corrected chi connectivity index (χ0v) is 11.3. The molecule has 1 N–H and O–H groups in total. The molecule has 90 valence electrons. The maximum atomic E-state index is 11.9. The molecule has 7 nitrogen and oxygen atoms in total. The van der Waals surface area contributed by atoms with Crippen molar-refractivity contribution < 1.29 is 13.2 Å². The third kappa shape index (κ3) is 2.66. The minimum absolute atomic E-state index is 0.109. The second kappa shape index (κ2) is 4.60. The normalized spacial score (nSPS) is 13.8. The fourth-order valence-electron chi connectivity index (χ4n) is 0.980. The van der Waals surface area contributed by atoms with Gasteiger partial charge in [-0.2, -0.15) is 4.72 Å². The Kier molecular flexibility index (Phi) is 3.81. The molecule has 1 unspecified atom stereocenters. The van der Waals surface area contributed by atoms with Crippen LogP contribution in [0.15, 0.2) is 9.63 Å². The molecule has 0 bridgehead atoms. The molecule has 1 rings (SSSR count). The first-order chi connectivity index (χ1) is 7.25. The Morgan fingerprint density at radius 1 is 1.56 bits per heavy atom. The summed E-state index contributed by atoms with van der Waals surface area (Å²) in [5, 5.41) is 7.00. The predicted molar refractivity (Wildman–Crippen MR) is 59.2 cm³/mol. The molecule has 0 aliphatic heterocycles. The van der Waals surface area contributed by atoms with Crippen LogP contribution in [0.5, 0.6) is 0 Å². The van der Waals surface area contributed by atoms with Gasteiger partial charge < -0.3 is 0 Å². The Balaban J connectivity index is 3.09. The summed E-state index contributed by atoms with van der Waals surface area (Å²) in [5.41, 5.74) is 0. The number of rotatable bonds is 4. The lowest BCUT2D eigenvalue weighted by atomic mass is 10.3. The van der Waals surface area contributed by atoms with Crippen LogP contribution < -0.4 is 4.72 Å². The molecule has 0 spiro atoms. The number of hydrogen-bond donors (Lipinski definition) is 1. The van der Waals surface area contributed by atoms with E-state index in [-0.39, 0.29) is 15.4 Å². The molecule has 1 atom stereocenters. The van der Waals surface area contributed by atoms with Crippen LogP contribution in [-0.4, -0.2) is 35.2 Å². The molecule has 0 saturated heterocycles. The van der Waals surface area contributed by atoms with Crippen molar-refractivity contribution in [2.45, 2.75) is 24.9 Å². The minimum Gasteiger partial charge on any atom is -0.298 e. The highest BCUT2D eigenvalue weighted by atomic mass is 79.9. The highest BCUT2D eigenvalue weighted by Gasteiger charge is 2.26. The molecule has 0 aliphatic rings. The molecule has 0 aliphatic carbocycles. The monoisotopic (exact) mass is 310 g/mol. The Hall–Kier alpha value is -0.800. The molecule has 1 heterocycles. The number of carbonyl (C=O) groups excluding carboxylic acids is 1. The van der Waals surface area contributed by atoms with E-state index in [1.807, 2.05) is 0 Å². The van der Waals surface area contributed by atoms with Gasteiger partial charge in [0.25, 0.3) is 10.0 Å². The number of carbonyl (C=O) groups is 1. The Labute approximate surface area is 101 Å². The van der Waals surface area contributed by atoms with Crippen LogP contribution in [0.4, 0.5) is 0 Å². The molecule has 0 amide bonds. The fraction of sp³-hybridized carbons (Fsp3) is 0.571. The molecular weight excluding hydrogens is 300 g/mol. The third-order valence-electron chi connectivity index (χ3n) is 1.93. The SMILES string of the molecule is CC(=O)C(C)NS(=O)(=O)c1c(Br)nnn1C. The number of nitrogens with zero attached hydrogens (tertiary/aromatic N) is 3. The van der Waals surface area contributed by atoms with E-state index in [4.69, 9.17) is 0 Å². The number of sulfonamides is 1. The zero-order valence-electron chi connectivity index (χ0n) is 8.93. The largest absolute Gasteiger partial charge is 0.298 e. The molecule has 0 fully saturated rings. The van der Waals surface area contributed by atoms with E-state index in [2.05, 4.69) is 31.0 Å². The maximum absolute atomic E-state index is 11.9. The second-order valence-electron chi connectivity index (χ2n) is 3.26. The summed E-state index contributed by atoms with van der Waals surface area (Å²) < 4.78 is 27.2. The Bertz CT molecular complexity index is 490. The van der Waals surface area contributed by atoms with E-state index in [1.165, 1.54) is 20.9 Å².